The molecule has 0 aliphatic heterocycles. The van der Waals surface area contributed by atoms with Crippen LogP contribution in [0.4, 0.5) is 0 Å². The van der Waals surface area contributed by atoms with Gasteiger partial charge in [0.15, 0.2) is 0 Å². The molecule has 0 radical (unpaired) electrons. The summed E-state index contributed by atoms with van der Waals surface area (Å²) < 4.78 is 7.16. The number of rotatable bonds is 7. The summed E-state index contributed by atoms with van der Waals surface area (Å²) in [4.78, 5) is 2.19. The van der Waals surface area contributed by atoms with Gasteiger partial charge in [-0.25, -0.2) is 4.52 Å². The van der Waals surface area contributed by atoms with Gasteiger partial charge in [0.1, 0.15) is 5.75 Å². The number of nitrogens with zero attached hydrogens (tertiary/aromatic N) is 3. The predicted octanol–water partition coefficient (Wildman–Crippen LogP) is 2.74. The summed E-state index contributed by atoms with van der Waals surface area (Å²) in [6.07, 6.45) is 3.91. The van der Waals surface area contributed by atoms with Crippen LogP contribution >= 0.6 is 0 Å². The van der Waals surface area contributed by atoms with Crippen molar-refractivity contribution in [1.29, 1.82) is 0 Å². The lowest BCUT2D eigenvalue weighted by Crippen LogP contribution is -2.30. The van der Waals surface area contributed by atoms with Gasteiger partial charge in [-0.15, -0.1) is 0 Å². The van der Waals surface area contributed by atoms with Crippen LogP contribution in [0.1, 0.15) is 17.2 Å². The molecule has 0 spiro atoms. The van der Waals surface area contributed by atoms with Gasteiger partial charge in [0.25, 0.3) is 0 Å². The molecular weight excluding hydrogens is 300 g/mol. The number of aromatic nitrogens is 2. The van der Waals surface area contributed by atoms with Crippen molar-refractivity contribution >= 4 is 5.52 Å². The second-order valence-corrected chi connectivity index (χ2v) is 6.17. The Morgan fingerprint density at radius 1 is 1.17 bits per heavy atom. The SMILES string of the molecule is COc1ccc([C@H](CN(C)C)NCc2cnn3ccccc23)cc1. The first kappa shape index (κ1) is 16.5. The monoisotopic (exact) mass is 324 g/mol. The highest BCUT2D eigenvalue weighted by molar-refractivity contribution is 5.53. The van der Waals surface area contributed by atoms with E-state index in [1.165, 1.54) is 11.1 Å². The number of methoxy groups -OCH3 is 1. The van der Waals surface area contributed by atoms with Gasteiger partial charge in [0.05, 0.1) is 18.8 Å². The minimum absolute atomic E-state index is 0.240. The van der Waals surface area contributed by atoms with Crippen molar-refractivity contribution in [3.8, 4) is 5.75 Å². The molecule has 2 heterocycles. The molecule has 0 aliphatic carbocycles. The van der Waals surface area contributed by atoms with Gasteiger partial charge in [-0.3, -0.25) is 0 Å². The lowest BCUT2D eigenvalue weighted by molar-refractivity contribution is 0.340. The fraction of sp³-hybridized carbons (Fsp3) is 0.316. The molecule has 0 unspecified atom stereocenters. The van der Waals surface area contributed by atoms with Crippen LogP contribution in [-0.2, 0) is 6.54 Å². The largest absolute Gasteiger partial charge is 0.497 e. The van der Waals surface area contributed by atoms with E-state index in [9.17, 15) is 0 Å². The third-order valence-corrected chi connectivity index (χ3v) is 4.11. The van der Waals surface area contributed by atoms with Crippen molar-refractivity contribution < 1.29 is 4.74 Å². The van der Waals surface area contributed by atoms with Crippen LogP contribution in [0, 0.1) is 0 Å². The Kier molecular flexibility index (Phi) is 5.13. The molecule has 24 heavy (non-hydrogen) atoms. The highest BCUT2D eigenvalue weighted by Crippen LogP contribution is 2.19. The highest BCUT2D eigenvalue weighted by atomic mass is 16.5. The zero-order valence-electron chi connectivity index (χ0n) is 14.4. The quantitative estimate of drug-likeness (QED) is 0.726. The molecule has 0 fully saturated rings. The van der Waals surface area contributed by atoms with Crippen LogP contribution in [0.25, 0.3) is 5.52 Å². The summed E-state index contributed by atoms with van der Waals surface area (Å²) in [5, 5.41) is 8.07. The van der Waals surface area contributed by atoms with Crippen molar-refractivity contribution in [2.24, 2.45) is 0 Å². The number of likely N-dealkylation sites (N-methyl/N-ethyl adjacent to an activating group) is 1. The number of pyridine rings is 1. The second-order valence-electron chi connectivity index (χ2n) is 6.17. The number of hydrogen-bond acceptors (Lipinski definition) is 4. The number of nitrogens with one attached hydrogen (secondary N) is 1. The van der Waals surface area contributed by atoms with E-state index in [0.29, 0.717) is 0 Å². The molecule has 0 saturated heterocycles. The smallest absolute Gasteiger partial charge is 0.118 e. The number of ether oxygens (including phenoxy) is 1. The highest BCUT2D eigenvalue weighted by Gasteiger charge is 2.13. The van der Waals surface area contributed by atoms with E-state index in [0.717, 1.165) is 24.4 Å². The minimum Gasteiger partial charge on any atom is -0.497 e. The van der Waals surface area contributed by atoms with E-state index in [4.69, 9.17) is 4.74 Å². The van der Waals surface area contributed by atoms with E-state index >= 15 is 0 Å². The summed E-state index contributed by atoms with van der Waals surface area (Å²) in [5.41, 5.74) is 3.59. The van der Waals surface area contributed by atoms with Gasteiger partial charge in [-0.1, -0.05) is 18.2 Å². The Balaban J connectivity index is 1.76. The molecule has 0 amide bonds. The standard InChI is InChI=1S/C19H24N4O/c1-22(2)14-18(15-7-9-17(24-3)10-8-15)20-12-16-13-21-23-11-5-4-6-19(16)23/h4-11,13,18,20H,12,14H2,1-3H3/t18-/m0/s1. The molecule has 3 rings (SSSR count). The van der Waals surface area contributed by atoms with Crippen LogP contribution < -0.4 is 10.1 Å². The third kappa shape index (κ3) is 3.75. The van der Waals surface area contributed by atoms with E-state index in [1.807, 2.05) is 41.2 Å². The fourth-order valence-corrected chi connectivity index (χ4v) is 2.85. The zero-order valence-corrected chi connectivity index (χ0v) is 14.4. The summed E-state index contributed by atoms with van der Waals surface area (Å²) >= 11 is 0. The Hall–Kier alpha value is -2.37. The molecule has 1 aromatic carbocycles. The van der Waals surface area contributed by atoms with Gasteiger partial charge in [0, 0.05) is 30.9 Å². The Morgan fingerprint density at radius 3 is 2.67 bits per heavy atom. The van der Waals surface area contributed by atoms with E-state index in [1.54, 1.807) is 7.11 Å². The molecule has 1 atom stereocenters. The Labute approximate surface area is 142 Å². The maximum Gasteiger partial charge on any atom is 0.118 e. The van der Waals surface area contributed by atoms with Crippen molar-refractivity contribution in [3.63, 3.8) is 0 Å². The summed E-state index contributed by atoms with van der Waals surface area (Å²) in [6, 6.07) is 14.6. The molecule has 1 N–H and O–H groups in total. The number of hydrogen-bond donors (Lipinski definition) is 1. The first-order chi connectivity index (χ1) is 11.7. The average Bonchev–Trinajstić information content (AvgIpc) is 3.02. The Morgan fingerprint density at radius 2 is 1.96 bits per heavy atom. The third-order valence-electron chi connectivity index (χ3n) is 4.11. The molecule has 2 aromatic heterocycles. The molecule has 3 aromatic rings. The summed E-state index contributed by atoms with van der Waals surface area (Å²) in [7, 11) is 5.87. The summed E-state index contributed by atoms with van der Waals surface area (Å²) in [6.45, 7) is 1.70. The summed E-state index contributed by atoms with van der Waals surface area (Å²) in [5.74, 6) is 0.880. The van der Waals surface area contributed by atoms with Gasteiger partial charge in [0.2, 0.25) is 0 Å². The van der Waals surface area contributed by atoms with Crippen molar-refractivity contribution in [3.05, 3.63) is 66.0 Å². The minimum atomic E-state index is 0.240. The van der Waals surface area contributed by atoms with Gasteiger partial charge in [-0.05, 0) is 43.9 Å². The van der Waals surface area contributed by atoms with Gasteiger partial charge < -0.3 is 15.0 Å². The maximum atomic E-state index is 5.26. The lowest BCUT2D eigenvalue weighted by Gasteiger charge is -2.23. The molecule has 0 saturated carbocycles. The van der Waals surface area contributed by atoms with Crippen LogP contribution in [0.3, 0.4) is 0 Å². The number of benzene rings is 1. The van der Waals surface area contributed by atoms with Gasteiger partial charge in [-0.2, -0.15) is 5.10 Å². The second kappa shape index (κ2) is 7.47. The fourth-order valence-electron chi connectivity index (χ4n) is 2.85. The van der Waals surface area contributed by atoms with Crippen LogP contribution in [0.15, 0.2) is 54.9 Å². The molecular formula is C19H24N4O. The zero-order chi connectivity index (χ0) is 16.9. The molecule has 0 bridgehead atoms. The van der Waals surface area contributed by atoms with Crippen molar-refractivity contribution in [2.45, 2.75) is 12.6 Å². The molecule has 126 valence electrons. The predicted molar refractivity (Wildman–Crippen MR) is 96.3 cm³/mol. The first-order valence-electron chi connectivity index (χ1n) is 8.10. The molecule has 0 aliphatic rings. The van der Waals surface area contributed by atoms with Gasteiger partial charge >= 0.3 is 0 Å². The van der Waals surface area contributed by atoms with E-state index in [-0.39, 0.29) is 6.04 Å². The maximum absolute atomic E-state index is 5.26. The first-order valence-corrected chi connectivity index (χ1v) is 8.10. The normalized spacial score (nSPS) is 12.7. The molecule has 5 heteroatoms. The van der Waals surface area contributed by atoms with Crippen LogP contribution in [0.2, 0.25) is 0 Å². The van der Waals surface area contributed by atoms with E-state index < -0.39 is 0 Å². The average molecular weight is 324 g/mol. The van der Waals surface area contributed by atoms with Crippen molar-refractivity contribution in [2.75, 3.05) is 27.7 Å². The lowest BCUT2D eigenvalue weighted by atomic mass is 10.1. The van der Waals surface area contributed by atoms with Crippen LogP contribution in [0.5, 0.6) is 5.75 Å². The van der Waals surface area contributed by atoms with E-state index in [2.05, 4.69) is 47.6 Å². The van der Waals surface area contributed by atoms with Crippen LogP contribution in [-0.4, -0.2) is 42.3 Å². The molecule has 5 nitrogen and oxygen atoms in total. The van der Waals surface area contributed by atoms with Crippen molar-refractivity contribution in [1.82, 2.24) is 19.8 Å². The Bertz CT molecular complexity index is 779. The topological polar surface area (TPSA) is 41.8 Å². The number of fused-ring (bicyclic) bond motifs is 1.